The minimum Gasteiger partial charge on any atom is -0.482 e. The van der Waals surface area contributed by atoms with Crippen LogP contribution in [0.4, 0.5) is 10.5 Å². The van der Waals surface area contributed by atoms with Gasteiger partial charge in [0.15, 0.2) is 12.4 Å². The lowest BCUT2D eigenvalue weighted by Crippen LogP contribution is -2.31. The van der Waals surface area contributed by atoms with Gasteiger partial charge >= 0.3 is 12.1 Å². The molecule has 178 valence electrons. The highest BCUT2D eigenvalue weighted by molar-refractivity contribution is 5.88. The summed E-state index contributed by atoms with van der Waals surface area (Å²) < 4.78 is 16.7. The lowest BCUT2D eigenvalue weighted by atomic mass is 10.1. The first-order valence-electron chi connectivity index (χ1n) is 11.0. The Balaban J connectivity index is 1.71. The number of aromatic nitrogens is 1. The maximum Gasteiger partial charge on any atom is 0.414 e. The van der Waals surface area contributed by atoms with Gasteiger partial charge < -0.3 is 19.0 Å². The molecule has 0 unspecified atom stereocenters. The van der Waals surface area contributed by atoms with Gasteiger partial charge in [0, 0.05) is 17.2 Å². The summed E-state index contributed by atoms with van der Waals surface area (Å²) in [7, 11) is 0. The van der Waals surface area contributed by atoms with E-state index in [1.54, 1.807) is 31.2 Å². The summed E-state index contributed by atoms with van der Waals surface area (Å²) in [4.78, 5) is 29.8. The van der Waals surface area contributed by atoms with Crippen LogP contribution in [0.2, 0.25) is 0 Å². The molecule has 3 aromatic carbocycles. The largest absolute Gasteiger partial charge is 0.482 e. The molecule has 1 aromatic heterocycles. The molecule has 8 heteroatoms. The van der Waals surface area contributed by atoms with Gasteiger partial charge in [0.25, 0.3) is 0 Å². The van der Waals surface area contributed by atoms with Crippen LogP contribution in [0.1, 0.15) is 12.8 Å². The number of carboxylic acid groups (broad SMARTS) is 1. The van der Waals surface area contributed by atoms with Crippen molar-refractivity contribution in [3.05, 3.63) is 90.8 Å². The normalized spacial score (nSPS) is 10.5. The second-order valence-corrected chi connectivity index (χ2v) is 7.48. The molecule has 0 bridgehead atoms. The number of hydrogen-bond donors (Lipinski definition) is 1. The minimum atomic E-state index is -1.10. The Bertz CT molecular complexity index is 1230. The number of rotatable bonds is 9. The number of oxazole rings is 1. The molecule has 1 N–H and O–H groups in total. The maximum atomic E-state index is 12.9. The molecule has 1 heterocycles. The van der Waals surface area contributed by atoms with Crippen molar-refractivity contribution in [3.8, 4) is 28.3 Å². The summed E-state index contributed by atoms with van der Waals surface area (Å²) >= 11 is 0. The molecule has 0 radical (unpaired) electrons. The van der Waals surface area contributed by atoms with E-state index in [1.807, 2.05) is 60.7 Å². The van der Waals surface area contributed by atoms with Gasteiger partial charge in [-0.2, -0.15) is 0 Å². The summed E-state index contributed by atoms with van der Waals surface area (Å²) in [5.74, 6) is 0.114. The van der Waals surface area contributed by atoms with Crippen LogP contribution in [0, 0.1) is 0 Å². The van der Waals surface area contributed by atoms with Crippen molar-refractivity contribution in [2.75, 3.05) is 18.1 Å². The molecule has 0 fully saturated rings. The second kappa shape index (κ2) is 11.0. The number of aliphatic carboxylic acids is 1. The lowest BCUT2D eigenvalue weighted by molar-refractivity contribution is -0.139. The monoisotopic (exact) mass is 472 g/mol. The summed E-state index contributed by atoms with van der Waals surface area (Å²) in [6, 6.07) is 25.8. The molecule has 0 saturated carbocycles. The third kappa shape index (κ3) is 5.86. The zero-order valence-electron chi connectivity index (χ0n) is 19.1. The number of hydrogen-bond acceptors (Lipinski definition) is 6. The highest BCUT2D eigenvalue weighted by atomic mass is 16.6. The Kier molecular flexibility index (Phi) is 7.42. The first kappa shape index (κ1) is 23.6. The summed E-state index contributed by atoms with van der Waals surface area (Å²) in [5.41, 5.74) is 2.85. The molecule has 8 nitrogen and oxygen atoms in total. The van der Waals surface area contributed by atoms with Gasteiger partial charge in [-0.15, -0.1) is 0 Å². The van der Waals surface area contributed by atoms with Crippen LogP contribution in [-0.4, -0.2) is 35.4 Å². The fourth-order valence-electron chi connectivity index (χ4n) is 3.49. The van der Waals surface area contributed by atoms with Crippen molar-refractivity contribution < 1.29 is 28.6 Å². The molecule has 0 saturated heterocycles. The van der Waals surface area contributed by atoms with E-state index in [2.05, 4.69) is 0 Å². The van der Waals surface area contributed by atoms with E-state index < -0.39 is 18.7 Å². The van der Waals surface area contributed by atoms with Crippen LogP contribution in [0.5, 0.6) is 5.75 Å². The van der Waals surface area contributed by atoms with Crippen LogP contribution in [0.25, 0.3) is 22.6 Å². The van der Waals surface area contributed by atoms with Crippen LogP contribution < -0.4 is 9.64 Å². The first-order valence-corrected chi connectivity index (χ1v) is 11.0. The Morgan fingerprint density at radius 1 is 0.943 bits per heavy atom. The molecule has 0 aliphatic rings. The molecular formula is C27H24N2O6. The van der Waals surface area contributed by atoms with Gasteiger partial charge in [-0.1, -0.05) is 66.7 Å². The van der Waals surface area contributed by atoms with Crippen molar-refractivity contribution in [3.63, 3.8) is 0 Å². The molecular weight excluding hydrogens is 448 g/mol. The van der Waals surface area contributed by atoms with E-state index in [1.165, 1.54) is 4.90 Å². The number of carbonyl (C=O) groups is 2. The SMILES string of the molecule is CCOC(=O)N(Cc1nc(-c2ccccc2)c(-c2ccccc2)o1)c1cccc(OCC(=O)O)c1. The van der Waals surface area contributed by atoms with E-state index in [0.717, 1.165) is 11.1 Å². The maximum absolute atomic E-state index is 12.9. The number of ether oxygens (including phenoxy) is 2. The molecule has 1 amide bonds. The highest BCUT2D eigenvalue weighted by Gasteiger charge is 2.23. The third-order valence-corrected chi connectivity index (χ3v) is 5.03. The Hall–Kier alpha value is -4.59. The highest BCUT2D eigenvalue weighted by Crippen LogP contribution is 2.33. The first-order chi connectivity index (χ1) is 17.0. The standard InChI is InChI=1S/C27H24N2O6/c1-2-33-27(32)29(21-14-9-15-22(16-21)34-18-24(30)31)17-23-28-25(19-10-5-3-6-11-19)26(35-23)20-12-7-4-8-13-20/h3-16H,2,17-18H2,1H3,(H,30,31). The summed E-state index contributed by atoms with van der Waals surface area (Å²) in [6.45, 7) is 1.40. The fourth-order valence-corrected chi connectivity index (χ4v) is 3.49. The van der Waals surface area contributed by atoms with Crippen LogP contribution in [-0.2, 0) is 16.1 Å². The summed E-state index contributed by atoms with van der Waals surface area (Å²) in [6.07, 6.45) is -0.594. The lowest BCUT2D eigenvalue weighted by Gasteiger charge is -2.21. The second-order valence-electron chi connectivity index (χ2n) is 7.48. The smallest absolute Gasteiger partial charge is 0.414 e. The van der Waals surface area contributed by atoms with Crippen molar-refractivity contribution >= 4 is 17.7 Å². The van der Waals surface area contributed by atoms with Crippen molar-refractivity contribution in [1.82, 2.24) is 4.98 Å². The number of amides is 1. The average Bonchev–Trinajstić information content (AvgIpc) is 3.31. The van der Waals surface area contributed by atoms with Crippen molar-refractivity contribution in [2.24, 2.45) is 0 Å². The fraction of sp³-hybridized carbons (Fsp3) is 0.148. The Morgan fingerprint density at radius 2 is 1.63 bits per heavy atom. The van der Waals surface area contributed by atoms with E-state index >= 15 is 0 Å². The van der Waals surface area contributed by atoms with Gasteiger partial charge in [0.1, 0.15) is 18.0 Å². The van der Waals surface area contributed by atoms with E-state index in [4.69, 9.17) is 24.0 Å². The van der Waals surface area contributed by atoms with E-state index in [9.17, 15) is 9.59 Å². The molecule has 35 heavy (non-hydrogen) atoms. The quantitative estimate of drug-likeness (QED) is 0.336. The predicted molar refractivity (Wildman–Crippen MR) is 130 cm³/mol. The van der Waals surface area contributed by atoms with Crippen LogP contribution in [0.3, 0.4) is 0 Å². The van der Waals surface area contributed by atoms with E-state index in [-0.39, 0.29) is 13.2 Å². The third-order valence-electron chi connectivity index (χ3n) is 5.03. The topological polar surface area (TPSA) is 102 Å². The predicted octanol–water partition coefficient (Wildman–Crippen LogP) is 5.64. The summed E-state index contributed by atoms with van der Waals surface area (Å²) in [5, 5.41) is 8.89. The molecule has 4 aromatic rings. The Labute approximate surface area is 202 Å². The van der Waals surface area contributed by atoms with Gasteiger partial charge in [-0.3, -0.25) is 4.90 Å². The minimum absolute atomic E-state index is 0.00607. The number of anilines is 1. The van der Waals surface area contributed by atoms with Gasteiger partial charge in [-0.25, -0.2) is 14.6 Å². The molecule has 0 aliphatic heterocycles. The number of carboxylic acids is 1. The molecule has 0 aliphatic carbocycles. The zero-order chi connectivity index (χ0) is 24.6. The van der Waals surface area contributed by atoms with Crippen molar-refractivity contribution in [1.29, 1.82) is 0 Å². The molecule has 4 rings (SSSR count). The molecule has 0 atom stereocenters. The average molecular weight is 472 g/mol. The number of carbonyl (C=O) groups excluding carboxylic acids is 1. The van der Waals surface area contributed by atoms with Gasteiger partial charge in [0.2, 0.25) is 5.89 Å². The van der Waals surface area contributed by atoms with E-state index in [0.29, 0.717) is 28.8 Å². The van der Waals surface area contributed by atoms with Crippen LogP contribution >= 0.6 is 0 Å². The van der Waals surface area contributed by atoms with Gasteiger partial charge in [-0.05, 0) is 19.1 Å². The zero-order valence-corrected chi connectivity index (χ0v) is 19.1. The molecule has 0 spiro atoms. The number of benzene rings is 3. The van der Waals surface area contributed by atoms with Crippen LogP contribution in [0.15, 0.2) is 89.3 Å². The van der Waals surface area contributed by atoms with Crippen molar-refractivity contribution in [2.45, 2.75) is 13.5 Å². The Morgan fingerprint density at radius 3 is 2.29 bits per heavy atom. The van der Waals surface area contributed by atoms with Gasteiger partial charge in [0.05, 0.1) is 12.3 Å². The number of nitrogens with zero attached hydrogens (tertiary/aromatic N) is 2.